The van der Waals surface area contributed by atoms with Crippen molar-refractivity contribution in [1.82, 2.24) is 0 Å². The van der Waals surface area contributed by atoms with Crippen molar-refractivity contribution in [3.63, 3.8) is 0 Å². The molecule has 1 aromatic carbocycles. The lowest BCUT2D eigenvalue weighted by molar-refractivity contribution is 0.626. The molecule has 0 aliphatic carbocycles. The zero-order chi connectivity index (χ0) is 9.68. The molecule has 68 valence electrons. The van der Waals surface area contributed by atoms with Crippen molar-refractivity contribution in [3.8, 4) is 6.07 Å². The molecule has 0 saturated carbocycles. The van der Waals surface area contributed by atoms with Gasteiger partial charge < -0.3 is 0 Å². The number of hydrogen-bond acceptors (Lipinski definition) is 1. The van der Waals surface area contributed by atoms with E-state index in [2.05, 4.69) is 6.07 Å². The van der Waals surface area contributed by atoms with E-state index in [4.69, 9.17) is 16.9 Å². The van der Waals surface area contributed by atoms with E-state index in [1.807, 2.05) is 0 Å². The van der Waals surface area contributed by atoms with Crippen LogP contribution in [0.15, 0.2) is 24.3 Å². The number of nitriles is 1. The molecule has 1 aromatic rings. The minimum atomic E-state index is -0.261. The van der Waals surface area contributed by atoms with E-state index in [1.54, 1.807) is 12.1 Å². The first-order valence-electron chi connectivity index (χ1n) is 3.96. The fraction of sp³-hybridized carbons (Fsp3) is 0.300. The summed E-state index contributed by atoms with van der Waals surface area (Å²) in [5, 5.41) is 8.63. The Labute approximate surface area is 81.8 Å². The molecule has 3 heteroatoms. The standard InChI is InChI=1S/C10H9ClFN/c11-6-9(7-13)5-8-1-3-10(12)4-2-8/h1-4,9H,5-6H2. The van der Waals surface area contributed by atoms with Crippen molar-refractivity contribution < 1.29 is 4.39 Å². The fourth-order valence-corrected chi connectivity index (χ4v) is 1.22. The maximum Gasteiger partial charge on any atom is 0.123 e. The number of benzene rings is 1. The van der Waals surface area contributed by atoms with Crippen LogP contribution in [0, 0.1) is 23.1 Å². The summed E-state index contributed by atoms with van der Waals surface area (Å²) in [7, 11) is 0. The van der Waals surface area contributed by atoms with Gasteiger partial charge in [-0.2, -0.15) is 5.26 Å². The van der Waals surface area contributed by atoms with Crippen molar-refractivity contribution in [3.05, 3.63) is 35.6 Å². The third-order valence-corrected chi connectivity index (χ3v) is 2.14. The molecule has 1 unspecified atom stereocenters. The summed E-state index contributed by atoms with van der Waals surface area (Å²) in [6.07, 6.45) is 0.584. The zero-order valence-corrected chi connectivity index (χ0v) is 7.76. The quantitative estimate of drug-likeness (QED) is 0.684. The van der Waals surface area contributed by atoms with Crippen LogP contribution in [0.1, 0.15) is 5.56 Å². The Bertz CT molecular complexity index is 302. The average Bonchev–Trinajstić information content (AvgIpc) is 2.17. The first kappa shape index (κ1) is 10.0. The largest absolute Gasteiger partial charge is 0.207 e. The average molecular weight is 198 g/mol. The number of alkyl halides is 1. The Kier molecular flexibility index (Phi) is 3.72. The molecule has 0 radical (unpaired) electrons. The molecule has 1 nitrogen and oxygen atoms in total. The topological polar surface area (TPSA) is 23.8 Å². The Morgan fingerprint density at radius 1 is 1.38 bits per heavy atom. The molecule has 0 aliphatic rings. The Morgan fingerprint density at radius 3 is 2.46 bits per heavy atom. The van der Waals surface area contributed by atoms with Crippen molar-refractivity contribution in [2.24, 2.45) is 5.92 Å². The molecule has 0 amide bonds. The van der Waals surface area contributed by atoms with Gasteiger partial charge >= 0.3 is 0 Å². The van der Waals surface area contributed by atoms with Gasteiger partial charge in [-0.1, -0.05) is 12.1 Å². The van der Waals surface area contributed by atoms with Crippen molar-refractivity contribution >= 4 is 11.6 Å². The van der Waals surface area contributed by atoms with Crippen molar-refractivity contribution in [1.29, 1.82) is 5.26 Å². The van der Waals surface area contributed by atoms with Crippen LogP contribution in [0.4, 0.5) is 4.39 Å². The third kappa shape index (κ3) is 3.04. The molecule has 0 aliphatic heterocycles. The molecular formula is C10H9ClFN. The van der Waals surface area contributed by atoms with Crippen molar-refractivity contribution in [2.45, 2.75) is 6.42 Å². The highest BCUT2D eigenvalue weighted by molar-refractivity contribution is 6.18. The maximum atomic E-state index is 12.5. The first-order valence-corrected chi connectivity index (χ1v) is 4.49. The van der Waals surface area contributed by atoms with Crippen LogP contribution in [0.5, 0.6) is 0 Å². The van der Waals surface area contributed by atoms with Gasteiger partial charge in [0.2, 0.25) is 0 Å². The van der Waals surface area contributed by atoms with Gasteiger partial charge in [0.15, 0.2) is 0 Å². The highest BCUT2D eigenvalue weighted by atomic mass is 35.5. The number of rotatable bonds is 3. The molecule has 0 aromatic heterocycles. The number of nitrogens with zero attached hydrogens (tertiary/aromatic N) is 1. The summed E-state index contributed by atoms with van der Waals surface area (Å²) in [4.78, 5) is 0. The summed E-state index contributed by atoms with van der Waals surface area (Å²) < 4.78 is 12.5. The summed E-state index contributed by atoms with van der Waals surface area (Å²) in [5.74, 6) is -0.135. The molecule has 1 rings (SSSR count). The second kappa shape index (κ2) is 4.84. The van der Waals surface area contributed by atoms with E-state index in [-0.39, 0.29) is 11.7 Å². The predicted molar refractivity (Wildman–Crippen MR) is 49.9 cm³/mol. The van der Waals surface area contributed by atoms with E-state index in [0.717, 1.165) is 5.56 Å². The van der Waals surface area contributed by atoms with Crippen LogP contribution >= 0.6 is 11.6 Å². The summed E-state index contributed by atoms with van der Waals surface area (Å²) >= 11 is 5.55. The van der Waals surface area contributed by atoms with Gasteiger partial charge in [-0.15, -0.1) is 11.6 Å². The minimum absolute atomic E-state index is 0.188. The minimum Gasteiger partial charge on any atom is -0.207 e. The lowest BCUT2D eigenvalue weighted by Gasteiger charge is -2.03. The SMILES string of the molecule is N#CC(CCl)Cc1ccc(F)cc1. The van der Waals surface area contributed by atoms with E-state index < -0.39 is 0 Å². The predicted octanol–water partition coefficient (Wildman–Crippen LogP) is 2.75. The lowest BCUT2D eigenvalue weighted by atomic mass is 10.0. The molecule has 0 N–H and O–H groups in total. The second-order valence-corrected chi connectivity index (χ2v) is 3.12. The van der Waals surface area contributed by atoms with E-state index in [1.165, 1.54) is 12.1 Å². The smallest absolute Gasteiger partial charge is 0.123 e. The maximum absolute atomic E-state index is 12.5. The Morgan fingerprint density at radius 2 is 2.00 bits per heavy atom. The van der Waals surface area contributed by atoms with Crippen LogP contribution in [-0.2, 0) is 6.42 Å². The van der Waals surface area contributed by atoms with Gasteiger partial charge in [-0.25, -0.2) is 4.39 Å². The van der Waals surface area contributed by atoms with Gasteiger partial charge in [0, 0.05) is 5.88 Å². The van der Waals surface area contributed by atoms with Gasteiger partial charge in [0.25, 0.3) is 0 Å². The molecule has 0 bridgehead atoms. The lowest BCUT2D eigenvalue weighted by Crippen LogP contribution is -2.02. The molecule has 1 atom stereocenters. The van der Waals surface area contributed by atoms with Crippen LogP contribution in [0.25, 0.3) is 0 Å². The fourth-order valence-electron chi connectivity index (χ4n) is 1.04. The highest BCUT2D eigenvalue weighted by Crippen LogP contribution is 2.10. The van der Waals surface area contributed by atoms with E-state index >= 15 is 0 Å². The summed E-state index contributed by atoms with van der Waals surface area (Å²) in [5.41, 5.74) is 0.939. The van der Waals surface area contributed by atoms with Gasteiger partial charge in [-0.05, 0) is 24.1 Å². The van der Waals surface area contributed by atoms with E-state index in [9.17, 15) is 4.39 Å². The van der Waals surface area contributed by atoms with Gasteiger partial charge in [-0.3, -0.25) is 0 Å². The Balaban J connectivity index is 2.64. The molecular weight excluding hydrogens is 189 g/mol. The summed E-state index contributed by atoms with van der Waals surface area (Å²) in [6, 6.07) is 8.21. The zero-order valence-electron chi connectivity index (χ0n) is 7.00. The molecule has 0 heterocycles. The first-order chi connectivity index (χ1) is 6.26. The normalized spacial score (nSPS) is 12.1. The van der Waals surface area contributed by atoms with Crippen molar-refractivity contribution in [2.75, 3.05) is 5.88 Å². The Hall–Kier alpha value is -1.07. The molecule has 0 saturated heterocycles. The highest BCUT2D eigenvalue weighted by Gasteiger charge is 2.06. The van der Waals surface area contributed by atoms with Crippen LogP contribution in [-0.4, -0.2) is 5.88 Å². The molecule has 0 spiro atoms. The van der Waals surface area contributed by atoms with E-state index in [0.29, 0.717) is 12.3 Å². The monoisotopic (exact) mass is 197 g/mol. The number of hydrogen-bond donors (Lipinski definition) is 0. The van der Waals surface area contributed by atoms with Crippen LogP contribution in [0.3, 0.4) is 0 Å². The van der Waals surface area contributed by atoms with Crippen LogP contribution < -0.4 is 0 Å². The molecule has 13 heavy (non-hydrogen) atoms. The van der Waals surface area contributed by atoms with Crippen LogP contribution in [0.2, 0.25) is 0 Å². The second-order valence-electron chi connectivity index (χ2n) is 2.81. The summed E-state index contributed by atoms with van der Waals surface area (Å²) in [6.45, 7) is 0. The van der Waals surface area contributed by atoms with Gasteiger partial charge in [0.1, 0.15) is 5.82 Å². The molecule has 0 fully saturated rings. The number of halogens is 2. The van der Waals surface area contributed by atoms with Gasteiger partial charge in [0.05, 0.1) is 12.0 Å². The third-order valence-electron chi connectivity index (χ3n) is 1.76.